The summed E-state index contributed by atoms with van der Waals surface area (Å²) in [5.41, 5.74) is 0.380. The molecule has 0 atom stereocenters. The van der Waals surface area contributed by atoms with E-state index in [4.69, 9.17) is 11.6 Å². The van der Waals surface area contributed by atoms with E-state index in [1.54, 1.807) is 11.3 Å². The first-order valence-corrected chi connectivity index (χ1v) is 7.82. The van der Waals surface area contributed by atoms with Crippen molar-refractivity contribution in [3.8, 4) is 0 Å². The van der Waals surface area contributed by atoms with E-state index in [-0.39, 0.29) is 0 Å². The Bertz CT molecular complexity index is 347. The lowest BCUT2D eigenvalue weighted by Gasteiger charge is -2.35. The van der Waals surface area contributed by atoms with E-state index in [9.17, 15) is 0 Å². The number of nitrogens with zero attached hydrogens (tertiary/aromatic N) is 1. The van der Waals surface area contributed by atoms with Gasteiger partial charge in [-0.15, -0.1) is 11.3 Å². The molecule has 0 unspecified atom stereocenters. The molecule has 0 bridgehead atoms. The highest BCUT2D eigenvalue weighted by Crippen LogP contribution is 2.28. The van der Waals surface area contributed by atoms with Crippen molar-refractivity contribution >= 4 is 22.9 Å². The molecule has 0 aliphatic heterocycles. The average Bonchev–Trinajstić information content (AvgIpc) is 2.74. The van der Waals surface area contributed by atoms with Crippen LogP contribution in [-0.2, 0) is 6.54 Å². The largest absolute Gasteiger partial charge is 0.319 e. The van der Waals surface area contributed by atoms with Crippen molar-refractivity contribution in [2.45, 2.75) is 33.2 Å². The Labute approximate surface area is 120 Å². The van der Waals surface area contributed by atoms with Crippen molar-refractivity contribution in [3.63, 3.8) is 0 Å². The van der Waals surface area contributed by atoms with Gasteiger partial charge in [-0.05, 0) is 44.5 Å². The van der Waals surface area contributed by atoms with Crippen LogP contribution in [0.5, 0.6) is 0 Å². The molecule has 4 heteroatoms. The van der Waals surface area contributed by atoms with E-state index in [1.165, 1.54) is 17.7 Å². The van der Waals surface area contributed by atoms with Crippen LogP contribution >= 0.6 is 22.9 Å². The predicted octanol–water partition coefficient (Wildman–Crippen LogP) is 3.86. The molecule has 1 heterocycles. The van der Waals surface area contributed by atoms with Crippen molar-refractivity contribution in [1.82, 2.24) is 10.2 Å². The topological polar surface area (TPSA) is 15.3 Å². The SMILES string of the molecule is CCC(CC)(CNC)CN(C)Cc1ccc(Cl)s1. The second-order valence-corrected chi connectivity index (χ2v) is 6.92. The summed E-state index contributed by atoms with van der Waals surface area (Å²) in [5, 5.41) is 3.34. The number of thiophene rings is 1. The smallest absolute Gasteiger partial charge is 0.0931 e. The highest BCUT2D eigenvalue weighted by Gasteiger charge is 2.26. The Morgan fingerprint density at radius 3 is 2.44 bits per heavy atom. The van der Waals surface area contributed by atoms with Crippen molar-refractivity contribution < 1.29 is 0 Å². The molecule has 104 valence electrons. The Morgan fingerprint density at radius 1 is 1.33 bits per heavy atom. The third-order valence-electron chi connectivity index (χ3n) is 3.71. The van der Waals surface area contributed by atoms with Gasteiger partial charge in [-0.25, -0.2) is 0 Å². The Balaban J connectivity index is 2.58. The predicted molar refractivity (Wildman–Crippen MR) is 82.6 cm³/mol. The quantitative estimate of drug-likeness (QED) is 0.781. The van der Waals surface area contributed by atoms with E-state index >= 15 is 0 Å². The first kappa shape index (κ1) is 16.0. The number of nitrogens with one attached hydrogen (secondary N) is 1. The van der Waals surface area contributed by atoms with E-state index in [0.29, 0.717) is 5.41 Å². The molecule has 0 amide bonds. The van der Waals surface area contributed by atoms with Gasteiger partial charge in [0.05, 0.1) is 4.34 Å². The maximum Gasteiger partial charge on any atom is 0.0931 e. The molecular weight excluding hydrogens is 264 g/mol. The number of hydrogen-bond acceptors (Lipinski definition) is 3. The van der Waals surface area contributed by atoms with Crippen LogP contribution in [0.25, 0.3) is 0 Å². The molecule has 0 spiro atoms. The van der Waals surface area contributed by atoms with Gasteiger partial charge in [0, 0.05) is 24.5 Å². The standard InChI is InChI=1S/C14H25ClN2S/c1-5-14(6-2,10-16-3)11-17(4)9-12-7-8-13(15)18-12/h7-8,16H,5-6,9-11H2,1-4H3. The van der Waals surface area contributed by atoms with E-state index in [1.807, 2.05) is 13.1 Å². The lowest BCUT2D eigenvalue weighted by molar-refractivity contribution is 0.154. The first-order chi connectivity index (χ1) is 8.55. The molecule has 0 fully saturated rings. The summed E-state index contributed by atoms with van der Waals surface area (Å²) in [6, 6.07) is 4.11. The van der Waals surface area contributed by atoms with Crippen LogP contribution in [0.2, 0.25) is 4.34 Å². The minimum absolute atomic E-state index is 0.380. The van der Waals surface area contributed by atoms with Gasteiger partial charge < -0.3 is 10.2 Å². The molecule has 0 aliphatic rings. The lowest BCUT2D eigenvalue weighted by atomic mass is 9.81. The molecule has 1 aromatic heterocycles. The van der Waals surface area contributed by atoms with Crippen LogP contribution in [0.3, 0.4) is 0 Å². The van der Waals surface area contributed by atoms with E-state index < -0.39 is 0 Å². The van der Waals surface area contributed by atoms with E-state index in [0.717, 1.165) is 24.0 Å². The fraction of sp³-hybridized carbons (Fsp3) is 0.714. The molecule has 0 saturated carbocycles. The summed E-state index contributed by atoms with van der Waals surface area (Å²) in [4.78, 5) is 3.75. The van der Waals surface area contributed by atoms with Crippen LogP contribution in [-0.4, -0.2) is 32.1 Å². The molecule has 2 nitrogen and oxygen atoms in total. The first-order valence-electron chi connectivity index (χ1n) is 6.62. The molecule has 1 N–H and O–H groups in total. The summed E-state index contributed by atoms with van der Waals surface area (Å²) in [6.07, 6.45) is 2.42. The van der Waals surface area contributed by atoms with Crippen LogP contribution < -0.4 is 5.32 Å². The Hall–Kier alpha value is -0.0900. The lowest BCUT2D eigenvalue weighted by Crippen LogP contribution is -2.41. The van der Waals surface area contributed by atoms with Gasteiger partial charge in [-0.2, -0.15) is 0 Å². The molecule has 0 radical (unpaired) electrons. The zero-order valence-electron chi connectivity index (χ0n) is 11.9. The second-order valence-electron chi connectivity index (χ2n) is 5.12. The number of hydrogen-bond donors (Lipinski definition) is 1. The Morgan fingerprint density at radius 2 is 2.00 bits per heavy atom. The van der Waals surface area contributed by atoms with Gasteiger partial charge >= 0.3 is 0 Å². The van der Waals surface area contributed by atoms with Crippen molar-refractivity contribution in [1.29, 1.82) is 0 Å². The van der Waals surface area contributed by atoms with Crippen LogP contribution in [0.4, 0.5) is 0 Å². The summed E-state index contributed by atoms with van der Waals surface area (Å²) in [5.74, 6) is 0. The zero-order chi connectivity index (χ0) is 13.6. The molecule has 0 aromatic carbocycles. The molecule has 1 rings (SSSR count). The average molecular weight is 289 g/mol. The van der Waals surface area contributed by atoms with Crippen molar-refractivity contribution in [2.75, 3.05) is 27.2 Å². The minimum atomic E-state index is 0.380. The highest BCUT2D eigenvalue weighted by molar-refractivity contribution is 7.16. The highest BCUT2D eigenvalue weighted by atomic mass is 35.5. The van der Waals surface area contributed by atoms with Crippen LogP contribution in [0.15, 0.2) is 12.1 Å². The third-order valence-corrected chi connectivity index (χ3v) is 4.93. The molecule has 1 aromatic rings. The normalized spacial score (nSPS) is 12.3. The maximum atomic E-state index is 5.97. The maximum absolute atomic E-state index is 5.97. The van der Waals surface area contributed by atoms with Gasteiger partial charge in [-0.3, -0.25) is 0 Å². The number of rotatable bonds is 8. The second kappa shape index (κ2) is 7.49. The number of halogens is 1. The van der Waals surface area contributed by atoms with Gasteiger partial charge in [0.2, 0.25) is 0 Å². The molecule has 18 heavy (non-hydrogen) atoms. The van der Waals surface area contributed by atoms with Gasteiger partial charge in [0.25, 0.3) is 0 Å². The van der Waals surface area contributed by atoms with Crippen LogP contribution in [0.1, 0.15) is 31.6 Å². The van der Waals surface area contributed by atoms with Crippen molar-refractivity contribution in [3.05, 3.63) is 21.3 Å². The summed E-state index contributed by atoms with van der Waals surface area (Å²) < 4.78 is 0.880. The summed E-state index contributed by atoms with van der Waals surface area (Å²) in [7, 11) is 4.24. The fourth-order valence-electron chi connectivity index (χ4n) is 2.49. The third kappa shape index (κ3) is 4.54. The minimum Gasteiger partial charge on any atom is -0.319 e. The summed E-state index contributed by atoms with van der Waals surface area (Å²) >= 11 is 7.65. The van der Waals surface area contributed by atoms with E-state index in [2.05, 4.69) is 37.2 Å². The summed E-state index contributed by atoms with van der Waals surface area (Å²) in [6.45, 7) is 7.77. The monoisotopic (exact) mass is 288 g/mol. The van der Waals surface area contributed by atoms with Gasteiger partial charge in [0.1, 0.15) is 0 Å². The Kier molecular flexibility index (Phi) is 6.64. The molecule has 0 saturated heterocycles. The zero-order valence-corrected chi connectivity index (χ0v) is 13.5. The van der Waals surface area contributed by atoms with Gasteiger partial charge in [0.15, 0.2) is 0 Å². The van der Waals surface area contributed by atoms with Crippen molar-refractivity contribution in [2.24, 2.45) is 5.41 Å². The fourth-order valence-corrected chi connectivity index (χ4v) is 3.65. The van der Waals surface area contributed by atoms with Crippen LogP contribution in [0, 0.1) is 5.41 Å². The van der Waals surface area contributed by atoms with Gasteiger partial charge in [-0.1, -0.05) is 25.4 Å². The molecule has 0 aliphatic carbocycles. The molecular formula is C14H25ClN2S.